The van der Waals surface area contributed by atoms with Crippen LogP contribution >= 0.6 is 11.6 Å². The van der Waals surface area contributed by atoms with Gasteiger partial charge in [0.15, 0.2) is 0 Å². The third-order valence-electron chi connectivity index (χ3n) is 3.38. The van der Waals surface area contributed by atoms with Crippen LogP contribution in [-0.2, 0) is 5.41 Å². The van der Waals surface area contributed by atoms with Crippen LogP contribution in [0.25, 0.3) is 0 Å². The molecule has 1 atom stereocenters. The first-order chi connectivity index (χ1) is 8.66. The standard InChI is InChI=1S/C15H26ClN3/c1-8-10(2)9-19(7)13-11(3)12(16)17-14(18-13)15(4,5)6/h10H,8-9H2,1-7H3. The largest absolute Gasteiger partial charge is 0.359 e. The molecule has 0 amide bonds. The Kier molecular flexibility index (Phi) is 5.19. The van der Waals surface area contributed by atoms with Crippen molar-refractivity contribution >= 4 is 17.4 Å². The van der Waals surface area contributed by atoms with Crippen molar-refractivity contribution < 1.29 is 0 Å². The molecule has 19 heavy (non-hydrogen) atoms. The number of halogens is 1. The quantitative estimate of drug-likeness (QED) is 0.775. The highest BCUT2D eigenvalue weighted by atomic mass is 35.5. The van der Waals surface area contributed by atoms with Crippen molar-refractivity contribution in [3.63, 3.8) is 0 Å². The van der Waals surface area contributed by atoms with Gasteiger partial charge in [-0.3, -0.25) is 0 Å². The molecule has 0 saturated carbocycles. The monoisotopic (exact) mass is 283 g/mol. The number of hydrogen-bond acceptors (Lipinski definition) is 3. The minimum atomic E-state index is -0.0939. The van der Waals surface area contributed by atoms with E-state index in [1.54, 1.807) is 0 Å². The Morgan fingerprint density at radius 1 is 1.26 bits per heavy atom. The first-order valence-corrected chi connectivity index (χ1v) is 7.30. The fourth-order valence-corrected chi connectivity index (χ4v) is 2.03. The molecule has 3 nitrogen and oxygen atoms in total. The van der Waals surface area contributed by atoms with Crippen molar-refractivity contribution in [3.05, 3.63) is 16.5 Å². The number of hydrogen-bond donors (Lipinski definition) is 0. The van der Waals surface area contributed by atoms with Crippen molar-refractivity contribution in [2.75, 3.05) is 18.5 Å². The van der Waals surface area contributed by atoms with E-state index in [-0.39, 0.29) is 5.41 Å². The Bertz CT molecular complexity index is 438. The van der Waals surface area contributed by atoms with Gasteiger partial charge in [-0.15, -0.1) is 0 Å². The van der Waals surface area contributed by atoms with Crippen molar-refractivity contribution in [2.45, 2.75) is 53.4 Å². The molecule has 0 fully saturated rings. The van der Waals surface area contributed by atoms with Crippen molar-refractivity contribution in [3.8, 4) is 0 Å². The van der Waals surface area contributed by atoms with E-state index in [0.29, 0.717) is 11.1 Å². The SMILES string of the molecule is CCC(C)CN(C)c1nc(C(C)(C)C)nc(Cl)c1C. The van der Waals surface area contributed by atoms with Crippen LogP contribution in [0.15, 0.2) is 0 Å². The summed E-state index contributed by atoms with van der Waals surface area (Å²) in [6, 6.07) is 0. The molecule has 0 bridgehead atoms. The molecule has 1 aromatic heterocycles. The van der Waals surface area contributed by atoms with Gasteiger partial charge >= 0.3 is 0 Å². The van der Waals surface area contributed by atoms with E-state index in [0.717, 1.165) is 30.2 Å². The lowest BCUT2D eigenvalue weighted by Crippen LogP contribution is -2.27. The Labute approximate surface area is 122 Å². The molecule has 4 heteroatoms. The highest BCUT2D eigenvalue weighted by Gasteiger charge is 2.22. The second-order valence-electron chi connectivity index (χ2n) is 6.43. The van der Waals surface area contributed by atoms with Crippen LogP contribution in [-0.4, -0.2) is 23.6 Å². The third-order valence-corrected chi connectivity index (χ3v) is 3.74. The average molecular weight is 284 g/mol. The zero-order valence-electron chi connectivity index (χ0n) is 13.2. The lowest BCUT2D eigenvalue weighted by Gasteiger charge is -2.26. The van der Waals surface area contributed by atoms with E-state index in [9.17, 15) is 0 Å². The maximum atomic E-state index is 6.26. The van der Waals surface area contributed by atoms with Crippen LogP contribution in [0.3, 0.4) is 0 Å². The van der Waals surface area contributed by atoms with E-state index in [2.05, 4.69) is 51.6 Å². The molecule has 0 aromatic carbocycles. The first-order valence-electron chi connectivity index (χ1n) is 6.92. The normalized spacial score (nSPS) is 13.5. The van der Waals surface area contributed by atoms with Crippen LogP contribution in [0.4, 0.5) is 5.82 Å². The minimum absolute atomic E-state index is 0.0939. The molecule has 0 aliphatic rings. The van der Waals surface area contributed by atoms with Crippen LogP contribution < -0.4 is 4.90 Å². The van der Waals surface area contributed by atoms with Gasteiger partial charge in [0.25, 0.3) is 0 Å². The predicted octanol–water partition coefficient (Wildman–Crippen LogP) is 4.22. The van der Waals surface area contributed by atoms with E-state index in [1.807, 2.05) is 6.92 Å². The van der Waals surface area contributed by atoms with Crippen molar-refractivity contribution in [1.82, 2.24) is 9.97 Å². The van der Waals surface area contributed by atoms with Gasteiger partial charge in [-0.2, -0.15) is 0 Å². The van der Waals surface area contributed by atoms with Gasteiger partial charge in [0.05, 0.1) is 0 Å². The van der Waals surface area contributed by atoms with Crippen LogP contribution in [0.1, 0.15) is 52.4 Å². The van der Waals surface area contributed by atoms with Gasteiger partial charge in [0.2, 0.25) is 0 Å². The lowest BCUT2D eigenvalue weighted by atomic mass is 9.95. The maximum absolute atomic E-state index is 6.26. The van der Waals surface area contributed by atoms with Crippen LogP contribution in [0.5, 0.6) is 0 Å². The zero-order chi connectivity index (χ0) is 14.8. The second kappa shape index (κ2) is 6.08. The summed E-state index contributed by atoms with van der Waals surface area (Å²) < 4.78 is 0. The topological polar surface area (TPSA) is 29.0 Å². The van der Waals surface area contributed by atoms with E-state index >= 15 is 0 Å². The fourth-order valence-electron chi connectivity index (χ4n) is 1.87. The summed E-state index contributed by atoms with van der Waals surface area (Å²) in [5.74, 6) is 2.38. The minimum Gasteiger partial charge on any atom is -0.359 e. The molecule has 0 saturated heterocycles. The first kappa shape index (κ1) is 16.2. The highest BCUT2D eigenvalue weighted by molar-refractivity contribution is 6.30. The average Bonchev–Trinajstić information content (AvgIpc) is 2.30. The Morgan fingerprint density at radius 2 is 1.84 bits per heavy atom. The molecular formula is C15H26ClN3. The predicted molar refractivity (Wildman–Crippen MR) is 83.2 cm³/mol. The number of aromatic nitrogens is 2. The second-order valence-corrected chi connectivity index (χ2v) is 6.79. The molecule has 1 aromatic rings. The van der Waals surface area contributed by atoms with E-state index in [4.69, 9.17) is 16.6 Å². The zero-order valence-corrected chi connectivity index (χ0v) is 14.0. The number of anilines is 1. The molecular weight excluding hydrogens is 258 g/mol. The lowest BCUT2D eigenvalue weighted by molar-refractivity contribution is 0.535. The summed E-state index contributed by atoms with van der Waals surface area (Å²) in [7, 11) is 2.07. The Hall–Kier alpha value is -0.830. The number of nitrogens with zero attached hydrogens (tertiary/aromatic N) is 3. The summed E-state index contributed by atoms with van der Waals surface area (Å²) in [5.41, 5.74) is 0.865. The van der Waals surface area contributed by atoms with Gasteiger partial charge in [0, 0.05) is 24.6 Å². The molecule has 0 radical (unpaired) electrons. The number of rotatable bonds is 4. The van der Waals surface area contributed by atoms with Gasteiger partial charge in [-0.1, -0.05) is 52.6 Å². The summed E-state index contributed by atoms with van der Waals surface area (Å²) in [4.78, 5) is 11.3. The molecule has 0 aliphatic heterocycles. The van der Waals surface area contributed by atoms with Gasteiger partial charge in [-0.25, -0.2) is 9.97 Å². The summed E-state index contributed by atoms with van der Waals surface area (Å²) in [6.45, 7) is 13.7. The fraction of sp³-hybridized carbons (Fsp3) is 0.733. The van der Waals surface area contributed by atoms with Gasteiger partial charge < -0.3 is 4.90 Å². The molecule has 1 unspecified atom stereocenters. The molecule has 0 spiro atoms. The van der Waals surface area contributed by atoms with Crippen molar-refractivity contribution in [2.24, 2.45) is 5.92 Å². The van der Waals surface area contributed by atoms with Gasteiger partial charge in [-0.05, 0) is 12.8 Å². The third kappa shape index (κ3) is 4.07. The Balaban J connectivity index is 3.16. The van der Waals surface area contributed by atoms with Gasteiger partial charge in [0.1, 0.15) is 16.8 Å². The summed E-state index contributed by atoms with van der Waals surface area (Å²) in [5, 5.41) is 0.561. The summed E-state index contributed by atoms with van der Waals surface area (Å²) in [6.07, 6.45) is 1.16. The van der Waals surface area contributed by atoms with Crippen LogP contribution in [0, 0.1) is 12.8 Å². The summed E-state index contributed by atoms with van der Waals surface area (Å²) >= 11 is 6.26. The maximum Gasteiger partial charge on any atom is 0.137 e. The molecule has 1 rings (SSSR count). The molecule has 1 heterocycles. The smallest absolute Gasteiger partial charge is 0.137 e. The Morgan fingerprint density at radius 3 is 2.32 bits per heavy atom. The van der Waals surface area contributed by atoms with Crippen LogP contribution in [0.2, 0.25) is 5.15 Å². The molecule has 108 valence electrons. The highest BCUT2D eigenvalue weighted by Crippen LogP contribution is 2.28. The molecule has 0 aliphatic carbocycles. The molecule has 0 N–H and O–H groups in total. The van der Waals surface area contributed by atoms with E-state index in [1.165, 1.54) is 0 Å². The van der Waals surface area contributed by atoms with Crippen molar-refractivity contribution in [1.29, 1.82) is 0 Å². The van der Waals surface area contributed by atoms with E-state index < -0.39 is 0 Å².